The minimum Gasteiger partial charge on any atom is -0.151 e. The molecule has 4 unspecified atom stereocenters. The van der Waals surface area contributed by atoms with Crippen LogP contribution in [-0.2, 0) is 0 Å². The second-order valence-electron chi connectivity index (χ2n) is 6.51. The average Bonchev–Trinajstić information content (AvgIpc) is 3.02. The third-order valence-corrected chi connectivity index (χ3v) is 13.0. The zero-order chi connectivity index (χ0) is 13.6. The van der Waals surface area contributed by atoms with Crippen LogP contribution >= 0.6 is 27.2 Å². The minimum atomic E-state index is 0.126. The van der Waals surface area contributed by atoms with Crippen molar-refractivity contribution in [2.75, 3.05) is 0 Å². The van der Waals surface area contributed by atoms with Gasteiger partial charge >= 0.3 is 0 Å². The number of hydrogen-bond acceptors (Lipinski definition) is 1. The Morgan fingerprint density at radius 2 is 1.05 bits per heavy atom. The van der Waals surface area contributed by atoms with Crippen LogP contribution in [0.3, 0.4) is 0 Å². The molecule has 1 aromatic rings. The van der Waals surface area contributed by atoms with E-state index in [4.69, 9.17) is 0 Å². The van der Waals surface area contributed by atoms with Crippen LogP contribution in [0.2, 0.25) is 0 Å². The van der Waals surface area contributed by atoms with Gasteiger partial charge in [0.15, 0.2) is 0 Å². The van der Waals surface area contributed by atoms with Crippen molar-refractivity contribution in [3.63, 3.8) is 0 Å². The van der Waals surface area contributed by atoms with Gasteiger partial charge in [0, 0.05) is 0 Å². The van der Waals surface area contributed by atoms with Crippen molar-refractivity contribution in [2.24, 2.45) is 0 Å². The molecule has 0 aliphatic carbocycles. The Kier molecular flexibility index (Phi) is 4.38. The largest absolute Gasteiger partial charge is 0.151 e. The maximum Gasteiger partial charge on any atom is -0.000946 e. The first-order valence-corrected chi connectivity index (χ1v) is 11.6. The quantitative estimate of drug-likeness (QED) is 0.666. The molecule has 19 heavy (non-hydrogen) atoms. The maximum absolute atomic E-state index is 2.53. The van der Waals surface area contributed by atoms with Gasteiger partial charge in [-0.3, -0.25) is 0 Å². The Balaban J connectivity index is 1.94. The molecule has 2 fully saturated rings. The molecule has 1 aromatic heterocycles. The summed E-state index contributed by atoms with van der Waals surface area (Å²) in [5.74, 6) is 0. The van der Waals surface area contributed by atoms with Crippen molar-refractivity contribution in [1.82, 2.24) is 0 Å². The first-order valence-electron chi connectivity index (χ1n) is 7.72. The molecular formula is C16H26P2S. The molecule has 2 aliphatic heterocycles. The third kappa shape index (κ3) is 2.56. The highest BCUT2D eigenvalue weighted by Gasteiger charge is 2.38. The Bertz CT molecular complexity index is 383. The van der Waals surface area contributed by atoms with Crippen LogP contribution in [0.25, 0.3) is 0 Å². The fourth-order valence-corrected chi connectivity index (χ4v) is 12.8. The van der Waals surface area contributed by atoms with Crippen molar-refractivity contribution in [2.45, 2.75) is 76.0 Å². The molecule has 3 rings (SSSR count). The molecule has 0 saturated carbocycles. The lowest BCUT2D eigenvalue weighted by Crippen LogP contribution is -2.25. The lowest BCUT2D eigenvalue weighted by molar-refractivity contribution is 0.777. The first-order chi connectivity index (χ1) is 9.09. The highest BCUT2D eigenvalue weighted by Crippen LogP contribution is 2.59. The van der Waals surface area contributed by atoms with Crippen molar-refractivity contribution in [3.05, 3.63) is 10.8 Å². The van der Waals surface area contributed by atoms with Crippen molar-refractivity contribution >= 4 is 37.8 Å². The second kappa shape index (κ2) is 5.75. The normalized spacial score (nSPS) is 42.9. The van der Waals surface area contributed by atoms with Gasteiger partial charge in [0.1, 0.15) is 0 Å². The van der Waals surface area contributed by atoms with E-state index in [2.05, 4.69) is 38.5 Å². The third-order valence-electron chi connectivity index (χ3n) is 5.08. The van der Waals surface area contributed by atoms with E-state index in [1.807, 2.05) is 21.9 Å². The lowest BCUT2D eigenvalue weighted by atomic mass is 10.2. The van der Waals surface area contributed by atoms with Crippen LogP contribution in [0.5, 0.6) is 0 Å². The van der Waals surface area contributed by atoms with Gasteiger partial charge in [-0.05, 0) is 69.7 Å². The van der Waals surface area contributed by atoms with Gasteiger partial charge in [-0.1, -0.05) is 43.5 Å². The molecule has 3 heteroatoms. The van der Waals surface area contributed by atoms with Crippen molar-refractivity contribution < 1.29 is 0 Å². The first kappa shape index (κ1) is 14.5. The zero-order valence-electron chi connectivity index (χ0n) is 12.6. The molecule has 2 saturated heterocycles. The van der Waals surface area contributed by atoms with E-state index in [-0.39, 0.29) is 15.8 Å². The van der Waals surface area contributed by atoms with E-state index in [0.717, 1.165) is 22.6 Å². The van der Waals surface area contributed by atoms with Crippen LogP contribution in [-0.4, -0.2) is 22.6 Å². The molecular weight excluding hydrogens is 286 g/mol. The molecule has 2 aliphatic rings. The Hall–Kier alpha value is 0.560. The van der Waals surface area contributed by atoms with Gasteiger partial charge in [0.05, 0.1) is 0 Å². The Morgan fingerprint density at radius 1 is 0.737 bits per heavy atom. The smallest absolute Gasteiger partial charge is 0.000946 e. The van der Waals surface area contributed by atoms with E-state index in [0.29, 0.717) is 0 Å². The molecule has 0 spiro atoms. The summed E-state index contributed by atoms with van der Waals surface area (Å²) in [5, 5.41) is 8.70. The van der Waals surface area contributed by atoms with E-state index >= 15 is 0 Å². The van der Waals surface area contributed by atoms with Crippen LogP contribution in [0.1, 0.15) is 53.4 Å². The molecule has 0 radical (unpaired) electrons. The molecule has 0 nitrogen and oxygen atoms in total. The van der Waals surface area contributed by atoms with Gasteiger partial charge in [-0.2, -0.15) is 11.3 Å². The Labute approximate surface area is 124 Å². The van der Waals surface area contributed by atoms with E-state index < -0.39 is 0 Å². The SMILES string of the molecule is CC1CCC(C)P1c1cscc1P1C(C)CCC1C. The summed E-state index contributed by atoms with van der Waals surface area (Å²) in [6.07, 6.45) is 5.85. The highest BCUT2D eigenvalue weighted by molar-refractivity contribution is 7.74. The fourth-order valence-electron chi connectivity index (χ4n) is 4.01. The molecule has 106 valence electrons. The summed E-state index contributed by atoms with van der Waals surface area (Å²) < 4.78 is 0. The molecule has 3 heterocycles. The van der Waals surface area contributed by atoms with Gasteiger partial charge in [0.2, 0.25) is 0 Å². The van der Waals surface area contributed by atoms with Gasteiger partial charge in [-0.15, -0.1) is 0 Å². The predicted octanol–water partition coefficient (Wildman–Crippen LogP) is 5.10. The standard InChI is InChI=1S/C16H26P2S/c1-11-5-6-12(2)17(11)15-9-19-10-16(15)18-13(3)7-8-14(18)4/h9-14H,5-8H2,1-4H3. The zero-order valence-corrected chi connectivity index (χ0v) is 15.2. The van der Waals surface area contributed by atoms with E-state index in [9.17, 15) is 0 Å². The number of hydrogen-bond donors (Lipinski definition) is 0. The minimum absolute atomic E-state index is 0.126. The predicted molar refractivity (Wildman–Crippen MR) is 93.7 cm³/mol. The molecule has 0 bridgehead atoms. The number of thiophene rings is 1. The monoisotopic (exact) mass is 312 g/mol. The fraction of sp³-hybridized carbons (Fsp3) is 0.750. The van der Waals surface area contributed by atoms with E-state index in [1.54, 1.807) is 0 Å². The average molecular weight is 312 g/mol. The van der Waals surface area contributed by atoms with Crippen LogP contribution in [0.15, 0.2) is 10.8 Å². The maximum atomic E-state index is 2.53. The van der Waals surface area contributed by atoms with Gasteiger partial charge in [-0.25, -0.2) is 0 Å². The van der Waals surface area contributed by atoms with Gasteiger partial charge < -0.3 is 0 Å². The molecule has 0 amide bonds. The summed E-state index contributed by atoms with van der Waals surface area (Å²) in [5.41, 5.74) is 3.84. The topological polar surface area (TPSA) is 0 Å². The molecule has 0 N–H and O–H groups in total. The molecule has 4 atom stereocenters. The highest BCUT2D eigenvalue weighted by atomic mass is 32.1. The van der Waals surface area contributed by atoms with Crippen molar-refractivity contribution in [3.8, 4) is 0 Å². The molecule has 0 aromatic carbocycles. The van der Waals surface area contributed by atoms with Crippen LogP contribution in [0, 0.1) is 0 Å². The van der Waals surface area contributed by atoms with Crippen LogP contribution < -0.4 is 10.6 Å². The van der Waals surface area contributed by atoms with Gasteiger partial charge in [0.25, 0.3) is 0 Å². The summed E-state index contributed by atoms with van der Waals surface area (Å²) in [4.78, 5) is 0. The summed E-state index contributed by atoms with van der Waals surface area (Å²) in [6.45, 7) is 10.0. The summed E-state index contributed by atoms with van der Waals surface area (Å²) >= 11 is 1.98. The second-order valence-corrected chi connectivity index (χ2v) is 13.4. The summed E-state index contributed by atoms with van der Waals surface area (Å²) in [7, 11) is 0.252. The van der Waals surface area contributed by atoms with Crippen molar-refractivity contribution in [1.29, 1.82) is 0 Å². The van der Waals surface area contributed by atoms with E-state index in [1.165, 1.54) is 25.7 Å². The lowest BCUT2D eigenvalue weighted by Gasteiger charge is -2.27. The van der Waals surface area contributed by atoms with Crippen LogP contribution in [0.4, 0.5) is 0 Å². The summed E-state index contributed by atoms with van der Waals surface area (Å²) in [6, 6.07) is 0. The number of rotatable bonds is 2. The Morgan fingerprint density at radius 3 is 1.37 bits per heavy atom.